The summed E-state index contributed by atoms with van der Waals surface area (Å²) in [6, 6.07) is 7.11. The van der Waals surface area contributed by atoms with Crippen LogP contribution in [0.2, 0.25) is 0 Å². The molecule has 1 fully saturated rings. The molecular formula is C13H14N2O4S3. The molecule has 0 aliphatic carbocycles. The zero-order chi connectivity index (χ0) is 16.5. The van der Waals surface area contributed by atoms with Crippen molar-refractivity contribution < 1.29 is 17.8 Å². The first-order chi connectivity index (χ1) is 10.2. The highest BCUT2D eigenvalue weighted by Gasteiger charge is 2.34. The van der Waals surface area contributed by atoms with Gasteiger partial charge in [0.2, 0.25) is 0 Å². The molecule has 0 bridgehead atoms. The molecule has 6 nitrogen and oxygen atoms in total. The van der Waals surface area contributed by atoms with Crippen LogP contribution in [-0.2, 0) is 14.9 Å². The predicted octanol–water partition coefficient (Wildman–Crippen LogP) is 1.75. The molecule has 9 heteroatoms. The molecule has 1 amide bonds. The van der Waals surface area contributed by atoms with Gasteiger partial charge in [0.25, 0.3) is 16.0 Å². The van der Waals surface area contributed by atoms with E-state index in [4.69, 9.17) is 22.5 Å². The average Bonchev–Trinajstić information content (AvgIpc) is 2.70. The average molecular weight is 358 g/mol. The number of nitrogen functional groups attached to an aromatic ring is 1. The molecule has 1 saturated heterocycles. The van der Waals surface area contributed by atoms with Gasteiger partial charge in [0, 0.05) is 12.2 Å². The molecule has 0 radical (unpaired) electrons. The minimum Gasteiger partial charge on any atom is -0.399 e. The van der Waals surface area contributed by atoms with Crippen molar-refractivity contribution in [3.8, 4) is 0 Å². The third kappa shape index (κ3) is 3.86. The number of thiocarbonyl (C=S) groups is 1. The van der Waals surface area contributed by atoms with E-state index < -0.39 is 15.9 Å². The topological polar surface area (TPSA) is 101 Å². The van der Waals surface area contributed by atoms with E-state index in [9.17, 15) is 13.2 Å². The second-order valence-corrected chi connectivity index (χ2v) is 7.91. The number of benzene rings is 1. The highest BCUT2D eigenvalue weighted by Crippen LogP contribution is 2.36. The Labute approximate surface area is 138 Å². The Morgan fingerprint density at radius 1 is 1.45 bits per heavy atom. The number of amides is 1. The molecule has 0 atom stereocenters. The van der Waals surface area contributed by atoms with Gasteiger partial charge in [0.1, 0.15) is 4.32 Å². The van der Waals surface area contributed by atoms with Crippen LogP contribution in [0.3, 0.4) is 0 Å². The molecule has 2 rings (SSSR count). The standard InChI is InChI=1S/C13H14N2O4S3/c1-8(9-3-2-4-10(14)7-9)11-12(16)15(13(20)21-11)5-6-22(17,18)19/h2-4,7H,5-6,14H2,1H3,(H,17,18,19)/b11-8+. The predicted molar refractivity (Wildman–Crippen MR) is 91.8 cm³/mol. The number of hydrogen-bond acceptors (Lipinski definition) is 6. The lowest BCUT2D eigenvalue weighted by atomic mass is 10.1. The number of rotatable bonds is 4. The van der Waals surface area contributed by atoms with Crippen LogP contribution >= 0.6 is 24.0 Å². The van der Waals surface area contributed by atoms with Crippen LogP contribution < -0.4 is 5.73 Å². The molecule has 1 heterocycles. The number of nitrogens with zero attached hydrogens (tertiary/aromatic N) is 1. The largest absolute Gasteiger partial charge is 0.399 e. The fraction of sp³-hybridized carbons (Fsp3) is 0.231. The quantitative estimate of drug-likeness (QED) is 0.366. The summed E-state index contributed by atoms with van der Waals surface area (Å²) in [5.74, 6) is -0.914. The second kappa shape index (κ2) is 6.37. The first-order valence-corrected chi connectivity index (χ1v) is 9.08. The summed E-state index contributed by atoms with van der Waals surface area (Å²) in [4.78, 5) is 14.0. The Hall–Kier alpha value is -1.42. The number of thioether (sulfide) groups is 1. The number of carbonyl (C=O) groups excluding carboxylic acids is 1. The fourth-order valence-electron chi connectivity index (χ4n) is 1.93. The van der Waals surface area contributed by atoms with Gasteiger partial charge >= 0.3 is 0 Å². The zero-order valence-electron chi connectivity index (χ0n) is 11.6. The highest BCUT2D eigenvalue weighted by molar-refractivity contribution is 8.26. The van der Waals surface area contributed by atoms with Crippen molar-refractivity contribution in [3.63, 3.8) is 0 Å². The minimum atomic E-state index is -4.15. The van der Waals surface area contributed by atoms with E-state index in [1.165, 1.54) is 4.90 Å². The van der Waals surface area contributed by atoms with Gasteiger partial charge in [0.15, 0.2) is 0 Å². The molecule has 0 saturated carbocycles. The maximum absolute atomic E-state index is 12.4. The van der Waals surface area contributed by atoms with Crippen LogP contribution in [0.4, 0.5) is 5.69 Å². The van der Waals surface area contributed by atoms with Gasteiger partial charge in [-0.1, -0.05) is 36.1 Å². The molecular weight excluding hydrogens is 344 g/mol. The fourth-order valence-corrected chi connectivity index (χ4v) is 3.70. The summed E-state index contributed by atoms with van der Waals surface area (Å²) in [6.07, 6.45) is 0. The number of nitrogens with two attached hydrogens (primary N) is 1. The van der Waals surface area contributed by atoms with Gasteiger partial charge in [0.05, 0.1) is 10.7 Å². The summed E-state index contributed by atoms with van der Waals surface area (Å²) < 4.78 is 30.7. The molecule has 0 spiro atoms. The zero-order valence-corrected chi connectivity index (χ0v) is 14.1. The van der Waals surface area contributed by atoms with Gasteiger partial charge in [-0.3, -0.25) is 14.2 Å². The first kappa shape index (κ1) is 16.9. The number of hydrogen-bond donors (Lipinski definition) is 2. The van der Waals surface area contributed by atoms with E-state index in [2.05, 4.69) is 0 Å². The maximum atomic E-state index is 12.4. The van der Waals surface area contributed by atoms with Crippen molar-refractivity contribution >= 4 is 55.6 Å². The third-order valence-corrected chi connectivity index (χ3v) is 5.33. The lowest BCUT2D eigenvalue weighted by Crippen LogP contribution is -2.32. The highest BCUT2D eigenvalue weighted by atomic mass is 32.2. The summed E-state index contributed by atoms with van der Waals surface area (Å²) in [7, 11) is -4.15. The van der Waals surface area contributed by atoms with E-state index in [0.29, 0.717) is 10.6 Å². The molecule has 1 aromatic carbocycles. The Morgan fingerprint density at radius 2 is 2.14 bits per heavy atom. The van der Waals surface area contributed by atoms with E-state index >= 15 is 0 Å². The number of carbonyl (C=O) groups is 1. The molecule has 3 N–H and O–H groups in total. The molecule has 118 valence electrons. The molecule has 0 unspecified atom stereocenters. The lowest BCUT2D eigenvalue weighted by molar-refractivity contribution is -0.121. The molecule has 1 aliphatic heterocycles. The summed E-state index contributed by atoms with van der Waals surface area (Å²) in [5, 5.41) is 0. The maximum Gasteiger partial charge on any atom is 0.266 e. The summed E-state index contributed by atoms with van der Waals surface area (Å²) >= 11 is 6.22. The van der Waals surface area contributed by atoms with Crippen molar-refractivity contribution in [2.24, 2.45) is 0 Å². The van der Waals surface area contributed by atoms with Crippen LogP contribution in [0.25, 0.3) is 5.57 Å². The van der Waals surface area contributed by atoms with Gasteiger partial charge in [-0.15, -0.1) is 0 Å². The Bertz CT molecular complexity index is 771. The molecule has 1 aromatic rings. The van der Waals surface area contributed by atoms with E-state index in [1.54, 1.807) is 25.1 Å². The van der Waals surface area contributed by atoms with Gasteiger partial charge in [-0.2, -0.15) is 8.42 Å². The molecule has 0 aromatic heterocycles. The van der Waals surface area contributed by atoms with Crippen LogP contribution in [0, 0.1) is 0 Å². The van der Waals surface area contributed by atoms with E-state index in [1.807, 2.05) is 6.07 Å². The van der Waals surface area contributed by atoms with Gasteiger partial charge in [-0.05, 0) is 30.2 Å². The van der Waals surface area contributed by atoms with Crippen LogP contribution in [0.1, 0.15) is 12.5 Å². The third-order valence-electron chi connectivity index (χ3n) is 3.08. The van der Waals surface area contributed by atoms with Crippen molar-refractivity contribution in [2.45, 2.75) is 6.92 Å². The van der Waals surface area contributed by atoms with E-state index in [-0.39, 0.29) is 16.8 Å². The SMILES string of the molecule is C/C(=C1\SC(=S)N(CCS(=O)(=O)O)C1=O)c1cccc(N)c1. The van der Waals surface area contributed by atoms with Crippen molar-refractivity contribution in [2.75, 3.05) is 18.0 Å². The smallest absolute Gasteiger partial charge is 0.266 e. The Balaban J connectivity index is 2.29. The Kier molecular flexibility index (Phi) is 4.90. The van der Waals surface area contributed by atoms with Crippen LogP contribution in [0.5, 0.6) is 0 Å². The van der Waals surface area contributed by atoms with Crippen LogP contribution in [0.15, 0.2) is 29.2 Å². The van der Waals surface area contributed by atoms with Crippen molar-refractivity contribution in [3.05, 3.63) is 34.7 Å². The normalized spacial score (nSPS) is 18.0. The molecule has 1 aliphatic rings. The van der Waals surface area contributed by atoms with Crippen LogP contribution in [-0.4, -0.2) is 40.4 Å². The monoisotopic (exact) mass is 358 g/mol. The second-order valence-electron chi connectivity index (χ2n) is 4.69. The van der Waals surface area contributed by atoms with Gasteiger partial charge in [-0.25, -0.2) is 0 Å². The Morgan fingerprint density at radius 3 is 2.73 bits per heavy atom. The molecule has 22 heavy (non-hydrogen) atoms. The van der Waals surface area contributed by atoms with Gasteiger partial charge < -0.3 is 5.73 Å². The minimum absolute atomic E-state index is 0.169. The summed E-state index contributed by atoms with van der Waals surface area (Å²) in [5.41, 5.74) is 7.84. The van der Waals surface area contributed by atoms with E-state index in [0.717, 1.165) is 22.9 Å². The number of anilines is 1. The van der Waals surface area contributed by atoms with Crippen molar-refractivity contribution in [1.82, 2.24) is 4.90 Å². The summed E-state index contributed by atoms with van der Waals surface area (Å²) in [6.45, 7) is 1.61. The lowest BCUT2D eigenvalue weighted by Gasteiger charge is -2.13. The number of allylic oxidation sites excluding steroid dienone is 1. The van der Waals surface area contributed by atoms with Crippen molar-refractivity contribution in [1.29, 1.82) is 0 Å². The first-order valence-electron chi connectivity index (χ1n) is 6.24.